The number of nitrogens with one attached hydrogen (secondary N) is 1. The minimum Gasteiger partial charge on any atom is -0.488 e. The van der Waals surface area contributed by atoms with Crippen LogP contribution in [-0.2, 0) is 6.61 Å². The number of H-pyrrole nitrogens is 1. The van der Waals surface area contributed by atoms with Crippen LogP contribution in [-0.4, -0.2) is 21.0 Å². The van der Waals surface area contributed by atoms with Crippen LogP contribution in [0.3, 0.4) is 0 Å². The van der Waals surface area contributed by atoms with Gasteiger partial charge in [-0.1, -0.05) is 36.4 Å². The van der Waals surface area contributed by atoms with E-state index in [-0.39, 0.29) is 12.2 Å². The monoisotopic (exact) mass is 409 g/mol. The number of fused-ring (bicyclic) bond motifs is 1. The average molecular weight is 409 g/mol. The number of aromatic nitrogens is 2. The number of hydrogen-bond acceptors (Lipinski definition) is 4. The SMILES string of the molecule is Cc1ccc2nc(/C(C#N)=C\c3ccccc3OCc3ccc(C(=O)O)cc3)[nH]c2c1. The van der Waals surface area contributed by atoms with Crippen molar-refractivity contribution in [3.63, 3.8) is 0 Å². The van der Waals surface area contributed by atoms with Crippen molar-refractivity contribution in [1.29, 1.82) is 5.26 Å². The van der Waals surface area contributed by atoms with E-state index in [2.05, 4.69) is 16.0 Å². The van der Waals surface area contributed by atoms with Gasteiger partial charge in [-0.15, -0.1) is 0 Å². The van der Waals surface area contributed by atoms with Gasteiger partial charge in [-0.3, -0.25) is 0 Å². The molecule has 0 radical (unpaired) electrons. The first-order valence-electron chi connectivity index (χ1n) is 9.66. The van der Waals surface area contributed by atoms with Crippen LogP contribution in [0.4, 0.5) is 0 Å². The van der Waals surface area contributed by atoms with Gasteiger partial charge in [0.05, 0.1) is 22.2 Å². The summed E-state index contributed by atoms with van der Waals surface area (Å²) >= 11 is 0. The molecule has 2 N–H and O–H groups in total. The Balaban J connectivity index is 1.59. The predicted octanol–water partition coefficient (Wildman–Crippen LogP) is 5.21. The van der Waals surface area contributed by atoms with Crippen LogP contribution in [0.5, 0.6) is 5.75 Å². The quantitative estimate of drug-likeness (QED) is 0.426. The number of hydrogen-bond donors (Lipinski definition) is 2. The van der Waals surface area contributed by atoms with E-state index >= 15 is 0 Å². The van der Waals surface area contributed by atoms with Crippen molar-refractivity contribution in [3.8, 4) is 11.8 Å². The highest BCUT2D eigenvalue weighted by atomic mass is 16.5. The molecule has 31 heavy (non-hydrogen) atoms. The number of imidazole rings is 1. The van der Waals surface area contributed by atoms with Crippen molar-refractivity contribution < 1.29 is 14.6 Å². The second-order valence-corrected chi connectivity index (χ2v) is 7.10. The van der Waals surface area contributed by atoms with E-state index in [1.54, 1.807) is 30.3 Å². The van der Waals surface area contributed by atoms with E-state index in [1.807, 2.05) is 49.4 Å². The molecule has 0 saturated heterocycles. The van der Waals surface area contributed by atoms with Gasteiger partial charge in [-0.2, -0.15) is 5.26 Å². The number of nitriles is 1. The fourth-order valence-electron chi connectivity index (χ4n) is 3.20. The molecule has 1 heterocycles. The van der Waals surface area contributed by atoms with Gasteiger partial charge >= 0.3 is 5.97 Å². The first-order valence-corrected chi connectivity index (χ1v) is 9.66. The summed E-state index contributed by atoms with van der Waals surface area (Å²) in [5.41, 5.74) is 5.01. The molecule has 0 unspecified atom stereocenters. The zero-order valence-corrected chi connectivity index (χ0v) is 16.8. The molecule has 0 aliphatic rings. The van der Waals surface area contributed by atoms with Crippen molar-refractivity contribution in [3.05, 3.63) is 94.8 Å². The first kappa shape index (κ1) is 19.9. The standard InChI is InChI=1S/C25H19N3O3/c1-16-6-11-21-22(12-16)28-24(27-21)20(14-26)13-19-4-2-3-5-23(19)31-15-17-7-9-18(10-8-17)25(29)30/h2-13H,15H2,1H3,(H,27,28)(H,29,30)/b20-13-. The minimum absolute atomic E-state index is 0.228. The number of rotatable bonds is 6. The van der Waals surface area contributed by atoms with Gasteiger partial charge in [0.25, 0.3) is 0 Å². The third-order valence-electron chi connectivity index (χ3n) is 4.83. The Bertz CT molecular complexity index is 1330. The third-order valence-corrected chi connectivity index (χ3v) is 4.83. The molecule has 3 aromatic carbocycles. The van der Waals surface area contributed by atoms with Gasteiger partial charge < -0.3 is 14.8 Å². The third kappa shape index (κ3) is 4.46. The van der Waals surface area contributed by atoms with Crippen LogP contribution in [0.25, 0.3) is 22.7 Å². The molecule has 4 aromatic rings. The summed E-state index contributed by atoms with van der Waals surface area (Å²) in [5, 5.41) is 18.7. The number of carboxylic acids is 1. The maximum Gasteiger partial charge on any atom is 0.335 e. The Morgan fingerprint density at radius 2 is 1.94 bits per heavy atom. The number of nitrogens with zero attached hydrogens (tertiary/aromatic N) is 2. The maximum absolute atomic E-state index is 11.0. The zero-order valence-electron chi connectivity index (χ0n) is 16.8. The topological polar surface area (TPSA) is 99.0 Å². The molecule has 0 fully saturated rings. The van der Waals surface area contributed by atoms with Crippen LogP contribution in [0.2, 0.25) is 0 Å². The summed E-state index contributed by atoms with van der Waals surface area (Å²) in [5.74, 6) is 0.152. The smallest absolute Gasteiger partial charge is 0.335 e. The highest BCUT2D eigenvalue weighted by molar-refractivity contribution is 5.91. The van der Waals surface area contributed by atoms with Crippen molar-refractivity contribution >= 4 is 28.7 Å². The van der Waals surface area contributed by atoms with Crippen LogP contribution in [0.15, 0.2) is 66.7 Å². The van der Waals surface area contributed by atoms with E-state index < -0.39 is 5.97 Å². The molecule has 0 bridgehead atoms. The normalized spacial score (nSPS) is 11.3. The number of carbonyl (C=O) groups is 1. The van der Waals surface area contributed by atoms with Gasteiger partial charge in [0.2, 0.25) is 0 Å². The number of para-hydroxylation sites is 1. The summed E-state index contributed by atoms with van der Waals surface area (Å²) in [6, 6.07) is 22.1. The fourth-order valence-corrected chi connectivity index (χ4v) is 3.20. The van der Waals surface area contributed by atoms with E-state index in [0.29, 0.717) is 17.1 Å². The fraction of sp³-hybridized carbons (Fsp3) is 0.0800. The lowest BCUT2D eigenvalue weighted by atomic mass is 10.1. The van der Waals surface area contributed by atoms with Crippen molar-refractivity contribution in [2.75, 3.05) is 0 Å². The first-order chi connectivity index (χ1) is 15.0. The van der Waals surface area contributed by atoms with Crippen LogP contribution < -0.4 is 4.74 Å². The predicted molar refractivity (Wildman–Crippen MR) is 118 cm³/mol. The van der Waals surface area contributed by atoms with Gasteiger partial charge in [-0.05, 0) is 54.5 Å². The molecule has 0 aliphatic heterocycles. The Morgan fingerprint density at radius 3 is 2.68 bits per heavy atom. The summed E-state index contributed by atoms with van der Waals surface area (Å²) in [6.07, 6.45) is 1.74. The number of allylic oxidation sites excluding steroid dienone is 1. The molecule has 6 heteroatoms. The summed E-state index contributed by atoms with van der Waals surface area (Å²) in [4.78, 5) is 18.7. The second-order valence-electron chi connectivity index (χ2n) is 7.10. The molecule has 152 valence electrons. The molecule has 0 amide bonds. The number of aryl methyl sites for hydroxylation is 1. The van der Waals surface area contributed by atoms with Gasteiger partial charge in [-0.25, -0.2) is 9.78 Å². The summed E-state index contributed by atoms with van der Waals surface area (Å²) in [7, 11) is 0. The molecule has 1 aromatic heterocycles. The number of ether oxygens (including phenoxy) is 1. The molecule has 0 atom stereocenters. The summed E-state index contributed by atoms with van der Waals surface area (Å²) in [6.45, 7) is 2.28. The molecule has 4 rings (SSSR count). The Hall–Kier alpha value is -4.37. The van der Waals surface area contributed by atoms with Crippen molar-refractivity contribution in [2.45, 2.75) is 13.5 Å². The molecule has 0 saturated carbocycles. The Labute approximate surface area is 179 Å². The Morgan fingerprint density at radius 1 is 1.16 bits per heavy atom. The number of aromatic amines is 1. The van der Waals surface area contributed by atoms with E-state index in [4.69, 9.17) is 9.84 Å². The van der Waals surface area contributed by atoms with Crippen LogP contribution >= 0.6 is 0 Å². The molecular weight excluding hydrogens is 390 g/mol. The molecule has 6 nitrogen and oxygen atoms in total. The Kier molecular flexibility index (Phi) is 5.50. The van der Waals surface area contributed by atoms with Gasteiger partial charge in [0.15, 0.2) is 0 Å². The molecule has 0 aliphatic carbocycles. The zero-order chi connectivity index (χ0) is 21.8. The number of carboxylic acid groups (broad SMARTS) is 1. The molecule has 0 spiro atoms. The minimum atomic E-state index is -0.965. The molecular formula is C25H19N3O3. The largest absolute Gasteiger partial charge is 0.488 e. The van der Waals surface area contributed by atoms with Crippen LogP contribution in [0.1, 0.15) is 32.9 Å². The lowest BCUT2D eigenvalue weighted by Gasteiger charge is -2.10. The van der Waals surface area contributed by atoms with Crippen LogP contribution in [0, 0.1) is 18.3 Å². The average Bonchev–Trinajstić information content (AvgIpc) is 3.19. The van der Waals surface area contributed by atoms with Gasteiger partial charge in [0, 0.05) is 5.56 Å². The number of aromatic carboxylic acids is 1. The number of benzene rings is 3. The van der Waals surface area contributed by atoms with E-state index in [1.165, 1.54) is 0 Å². The highest BCUT2D eigenvalue weighted by Gasteiger charge is 2.10. The second kappa shape index (κ2) is 8.56. The van der Waals surface area contributed by atoms with E-state index in [9.17, 15) is 10.1 Å². The van der Waals surface area contributed by atoms with Gasteiger partial charge in [0.1, 0.15) is 24.3 Å². The van der Waals surface area contributed by atoms with E-state index in [0.717, 1.165) is 27.7 Å². The lowest BCUT2D eigenvalue weighted by molar-refractivity contribution is 0.0697. The maximum atomic E-state index is 11.0. The van der Waals surface area contributed by atoms with Crippen molar-refractivity contribution in [2.24, 2.45) is 0 Å². The highest BCUT2D eigenvalue weighted by Crippen LogP contribution is 2.26. The summed E-state index contributed by atoms with van der Waals surface area (Å²) < 4.78 is 5.95. The lowest BCUT2D eigenvalue weighted by Crippen LogP contribution is -1.99. The van der Waals surface area contributed by atoms with Crippen molar-refractivity contribution in [1.82, 2.24) is 9.97 Å².